The zero-order valence-electron chi connectivity index (χ0n) is 9.60. The minimum Gasteiger partial charge on any atom is -0.293 e. The number of hydrogen-bond donors (Lipinski definition) is 0. The fourth-order valence-electron chi connectivity index (χ4n) is 1.64. The second-order valence-corrected chi connectivity index (χ2v) is 4.59. The molecule has 0 radical (unpaired) electrons. The van der Waals surface area contributed by atoms with E-state index in [1.165, 1.54) is 0 Å². The summed E-state index contributed by atoms with van der Waals surface area (Å²) in [6.07, 6.45) is 0. The number of benzene rings is 2. The van der Waals surface area contributed by atoms with Crippen LogP contribution < -0.4 is 0 Å². The molecule has 2 nitrogen and oxygen atoms in total. The van der Waals surface area contributed by atoms with Gasteiger partial charge < -0.3 is 0 Å². The van der Waals surface area contributed by atoms with E-state index in [2.05, 4.69) is 0 Å². The topological polar surface area (TPSA) is 34.1 Å². The van der Waals surface area contributed by atoms with Crippen LogP contribution in [-0.2, 0) is 0 Å². The third kappa shape index (κ3) is 2.85. The van der Waals surface area contributed by atoms with E-state index in [1.807, 2.05) is 40.8 Å². The lowest BCUT2D eigenvalue weighted by Crippen LogP contribution is -2.03. The van der Waals surface area contributed by atoms with E-state index < -0.39 is 0 Å². The third-order valence-electron chi connectivity index (χ3n) is 2.63. The number of halogens is 1. The standard InChI is InChI=1S/C15H11IO2/c16-10-14(17)11-6-8-13(9-7-11)15(18)12-4-2-1-3-5-12/h1-9H,10H2. The molecule has 3 heteroatoms. The molecule has 0 spiro atoms. The van der Waals surface area contributed by atoms with Crippen molar-refractivity contribution in [2.75, 3.05) is 4.43 Å². The molecule has 0 amide bonds. The molecule has 0 aliphatic heterocycles. The molecule has 2 rings (SSSR count). The van der Waals surface area contributed by atoms with Crippen LogP contribution in [0.3, 0.4) is 0 Å². The summed E-state index contributed by atoms with van der Waals surface area (Å²) >= 11 is 2.03. The number of Topliss-reactive ketones (excluding diaryl/α,β-unsaturated/α-hetero) is 1. The monoisotopic (exact) mass is 350 g/mol. The molecule has 0 N–H and O–H groups in total. The van der Waals surface area contributed by atoms with Gasteiger partial charge in [-0.25, -0.2) is 0 Å². The van der Waals surface area contributed by atoms with Gasteiger partial charge in [-0.1, -0.05) is 77.2 Å². The maximum absolute atomic E-state index is 12.1. The van der Waals surface area contributed by atoms with Crippen LogP contribution in [0.2, 0.25) is 0 Å². The van der Waals surface area contributed by atoms with Gasteiger partial charge in [-0.05, 0) is 0 Å². The van der Waals surface area contributed by atoms with Crippen LogP contribution >= 0.6 is 22.6 Å². The van der Waals surface area contributed by atoms with Crippen LogP contribution in [0.15, 0.2) is 54.6 Å². The third-order valence-corrected chi connectivity index (χ3v) is 3.32. The molecule has 0 saturated heterocycles. The van der Waals surface area contributed by atoms with Crippen molar-refractivity contribution in [3.8, 4) is 0 Å². The van der Waals surface area contributed by atoms with Gasteiger partial charge in [-0.15, -0.1) is 0 Å². The minimum atomic E-state index is -0.0240. The first-order valence-electron chi connectivity index (χ1n) is 5.51. The Morgan fingerprint density at radius 1 is 0.778 bits per heavy atom. The van der Waals surface area contributed by atoms with Gasteiger partial charge in [0, 0.05) is 16.7 Å². The summed E-state index contributed by atoms with van der Waals surface area (Å²) in [5.74, 6) is 0.0541. The molecule has 2 aromatic carbocycles. The summed E-state index contributed by atoms with van der Waals surface area (Å²) in [7, 11) is 0. The van der Waals surface area contributed by atoms with Gasteiger partial charge in [0.15, 0.2) is 11.6 Å². The summed E-state index contributed by atoms with van der Waals surface area (Å²) in [5, 5.41) is 0. The Morgan fingerprint density at radius 2 is 1.28 bits per heavy atom. The van der Waals surface area contributed by atoms with Crippen molar-refractivity contribution in [3.05, 3.63) is 71.3 Å². The summed E-state index contributed by atoms with van der Waals surface area (Å²) in [4.78, 5) is 23.6. The average Bonchev–Trinajstić information content (AvgIpc) is 2.47. The normalized spacial score (nSPS) is 10.1. The molecule has 0 aliphatic carbocycles. The summed E-state index contributed by atoms with van der Waals surface area (Å²) in [6.45, 7) is 0. The highest BCUT2D eigenvalue weighted by Crippen LogP contribution is 2.12. The van der Waals surface area contributed by atoms with Crippen molar-refractivity contribution >= 4 is 34.2 Å². The Labute approximate surface area is 119 Å². The SMILES string of the molecule is O=C(CI)c1ccc(C(=O)c2ccccc2)cc1. The number of rotatable bonds is 4. The van der Waals surface area contributed by atoms with Gasteiger partial charge in [0.25, 0.3) is 0 Å². The quantitative estimate of drug-likeness (QED) is 0.480. The molecule has 0 bridgehead atoms. The molecule has 0 heterocycles. The van der Waals surface area contributed by atoms with Crippen molar-refractivity contribution < 1.29 is 9.59 Å². The van der Waals surface area contributed by atoms with E-state index in [1.54, 1.807) is 36.4 Å². The smallest absolute Gasteiger partial charge is 0.193 e. The first kappa shape index (κ1) is 13.0. The summed E-state index contributed by atoms with van der Waals surface area (Å²) < 4.78 is 0.448. The van der Waals surface area contributed by atoms with E-state index in [4.69, 9.17) is 0 Å². The second-order valence-electron chi connectivity index (χ2n) is 3.83. The van der Waals surface area contributed by atoms with Crippen molar-refractivity contribution in [2.24, 2.45) is 0 Å². The fraction of sp³-hybridized carbons (Fsp3) is 0.0667. The van der Waals surface area contributed by atoms with E-state index in [9.17, 15) is 9.59 Å². The molecule has 90 valence electrons. The Bertz CT molecular complexity index is 559. The fourth-order valence-corrected chi connectivity index (χ4v) is 2.08. The van der Waals surface area contributed by atoms with Crippen LogP contribution in [0.1, 0.15) is 26.3 Å². The van der Waals surface area contributed by atoms with Crippen LogP contribution in [0.4, 0.5) is 0 Å². The lowest BCUT2D eigenvalue weighted by atomic mass is 10.0. The Kier molecular flexibility index (Phi) is 4.25. The molecule has 0 aliphatic rings. The second kappa shape index (κ2) is 5.91. The number of carbonyl (C=O) groups excluding carboxylic acids is 2. The highest BCUT2D eigenvalue weighted by molar-refractivity contribution is 14.1. The first-order valence-corrected chi connectivity index (χ1v) is 7.04. The molecule has 2 aromatic rings. The van der Waals surface area contributed by atoms with Crippen LogP contribution in [0, 0.1) is 0 Å². The molecule has 0 aromatic heterocycles. The minimum absolute atomic E-state index is 0.0240. The molecular formula is C15H11IO2. The summed E-state index contributed by atoms with van der Waals surface area (Å²) in [5.41, 5.74) is 1.91. The van der Waals surface area contributed by atoms with Crippen molar-refractivity contribution in [1.82, 2.24) is 0 Å². The lowest BCUT2D eigenvalue weighted by molar-refractivity contribution is 0.101. The number of ketones is 2. The highest BCUT2D eigenvalue weighted by Gasteiger charge is 2.09. The predicted octanol–water partition coefficient (Wildman–Crippen LogP) is 3.54. The van der Waals surface area contributed by atoms with Crippen molar-refractivity contribution in [2.45, 2.75) is 0 Å². The Hall–Kier alpha value is -1.49. The number of alkyl halides is 1. The highest BCUT2D eigenvalue weighted by atomic mass is 127. The van der Waals surface area contributed by atoms with Gasteiger partial charge >= 0.3 is 0 Å². The predicted molar refractivity (Wildman–Crippen MR) is 79.5 cm³/mol. The first-order chi connectivity index (χ1) is 8.72. The molecular weight excluding hydrogens is 339 g/mol. The van der Waals surface area contributed by atoms with Crippen molar-refractivity contribution in [1.29, 1.82) is 0 Å². The number of carbonyl (C=O) groups is 2. The number of hydrogen-bond acceptors (Lipinski definition) is 2. The van der Waals surface area contributed by atoms with Crippen LogP contribution in [-0.4, -0.2) is 16.0 Å². The zero-order chi connectivity index (χ0) is 13.0. The van der Waals surface area contributed by atoms with Crippen LogP contribution in [0.5, 0.6) is 0 Å². The largest absolute Gasteiger partial charge is 0.293 e. The van der Waals surface area contributed by atoms with Gasteiger partial charge in [0.1, 0.15) is 0 Å². The van der Waals surface area contributed by atoms with Crippen LogP contribution in [0.25, 0.3) is 0 Å². The Morgan fingerprint density at radius 3 is 1.83 bits per heavy atom. The van der Waals surface area contributed by atoms with Crippen molar-refractivity contribution in [3.63, 3.8) is 0 Å². The maximum atomic E-state index is 12.1. The molecule has 0 atom stereocenters. The zero-order valence-corrected chi connectivity index (χ0v) is 11.8. The van der Waals surface area contributed by atoms with Gasteiger partial charge in [0.2, 0.25) is 0 Å². The van der Waals surface area contributed by atoms with E-state index >= 15 is 0 Å². The van der Waals surface area contributed by atoms with Gasteiger partial charge in [0.05, 0.1) is 4.43 Å². The Balaban J connectivity index is 2.25. The molecule has 0 fully saturated rings. The molecule has 18 heavy (non-hydrogen) atoms. The molecule has 0 saturated carbocycles. The van der Waals surface area contributed by atoms with Gasteiger partial charge in [-0.2, -0.15) is 0 Å². The van der Waals surface area contributed by atoms with Gasteiger partial charge in [-0.3, -0.25) is 9.59 Å². The maximum Gasteiger partial charge on any atom is 0.193 e. The van der Waals surface area contributed by atoms with E-state index in [0.717, 1.165) is 0 Å². The lowest BCUT2D eigenvalue weighted by Gasteiger charge is -2.02. The molecule has 0 unspecified atom stereocenters. The summed E-state index contributed by atoms with van der Waals surface area (Å²) in [6, 6.07) is 15.9. The van der Waals surface area contributed by atoms with E-state index in [-0.39, 0.29) is 11.6 Å². The van der Waals surface area contributed by atoms with E-state index in [0.29, 0.717) is 21.1 Å². The average molecular weight is 350 g/mol.